The summed E-state index contributed by atoms with van der Waals surface area (Å²) >= 11 is 6.08. The second-order valence-electron chi connectivity index (χ2n) is 5.88. The van der Waals surface area contributed by atoms with Gasteiger partial charge < -0.3 is 5.73 Å². The Labute approximate surface area is 123 Å². The zero-order valence-corrected chi connectivity index (χ0v) is 12.3. The molecule has 106 valence electrons. The summed E-state index contributed by atoms with van der Waals surface area (Å²) < 4.78 is 1.85. The molecule has 0 radical (unpaired) electrons. The summed E-state index contributed by atoms with van der Waals surface area (Å²) in [5, 5.41) is 12.6. The molecule has 0 spiro atoms. The number of nitrogens with zero attached hydrogens (tertiary/aromatic N) is 4. The minimum absolute atomic E-state index is 0.275. The van der Waals surface area contributed by atoms with Crippen molar-refractivity contribution in [2.45, 2.75) is 39.2 Å². The molecule has 1 heterocycles. The van der Waals surface area contributed by atoms with Gasteiger partial charge in [0.05, 0.1) is 17.3 Å². The lowest BCUT2D eigenvalue weighted by Gasteiger charge is -2.23. The van der Waals surface area contributed by atoms with E-state index in [1.54, 1.807) is 6.07 Å². The Hall–Kier alpha value is -1.62. The number of hydrogen-bond acceptors (Lipinski definition) is 4. The molecule has 1 aliphatic carbocycles. The number of hydrogen-bond donors (Lipinski definition) is 1. The zero-order valence-electron chi connectivity index (χ0n) is 11.5. The smallest absolute Gasteiger partial charge is 0.184 e. The van der Waals surface area contributed by atoms with E-state index in [9.17, 15) is 0 Å². The largest absolute Gasteiger partial charge is 0.397 e. The topological polar surface area (TPSA) is 69.6 Å². The number of para-hydroxylation sites is 1. The normalized spacial score (nSPS) is 17.5. The summed E-state index contributed by atoms with van der Waals surface area (Å²) in [5.41, 5.74) is 7.64. The molecule has 0 saturated heterocycles. The lowest BCUT2D eigenvalue weighted by molar-refractivity contribution is 0.267. The maximum absolute atomic E-state index is 6.08. The number of rotatable bonds is 3. The molecule has 1 fully saturated rings. The number of aromatic nitrogens is 4. The predicted octanol–water partition coefficient (Wildman–Crippen LogP) is 3.16. The van der Waals surface area contributed by atoms with E-state index in [2.05, 4.69) is 22.4 Å². The van der Waals surface area contributed by atoms with E-state index >= 15 is 0 Å². The highest BCUT2D eigenvalue weighted by Gasteiger charge is 2.30. The van der Waals surface area contributed by atoms with E-state index < -0.39 is 0 Å². The number of nitrogens with two attached hydrogens (primary N) is 1. The van der Waals surface area contributed by atoms with Crippen molar-refractivity contribution in [3.8, 4) is 11.4 Å². The molecule has 1 aliphatic rings. The standard InChI is InChI=1S/C14H18ClN5/c1-14(7-2-3-8-14)9-20-13(17-18-19-20)10-5-4-6-11(15)12(10)16/h4-6H,2-3,7-9,16H2,1H3. The van der Waals surface area contributed by atoms with Crippen molar-refractivity contribution >= 4 is 17.3 Å². The Morgan fingerprint density at radius 2 is 2.10 bits per heavy atom. The molecular weight excluding hydrogens is 274 g/mol. The van der Waals surface area contributed by atoms with Gasteiger partial charge in [-0.25, -0.2) is 4.68 Å². The van der Waals surface area contributed by atoms with Gasteiger partial charge in [0.1, 0.15) is 0 Å². The lowest BCUT2D eigenvalue weighted by atomic mass is 9.89. The van der Waals surface area contributed by atoms with Crippen LogP contribution in [0.1, 0.15) is 32.6 Å². The molecule has 1 saturated carbocycles. The highest BCUT2D eigenvalue weighted by molar-refractivity contribution is 6.33. The fraction of sp³-hybridized carbons (Fsp3) is 0.500. The minimum Gasteiger partial charge on any atom is -0.397 e. The number of tetrazole rings is 1. The van der Waals surface area contributed by atoms with Gasteiger partial charge in [0, 0.05) is 5.56 Å². The first-order chi connectivity index (χ1) is 9.59. The van der Waals surface area contributed by atoms with Gasteiger partial charge in [-0.2, -0.15) is 0 Å². The van der Waals surface area contributed by atoms with Crippen molar-refractivity contribution < 1.29 is 0 Å². The van der Waals surface area contributed by atoms with Crippen LogP contribution in [0.3, 0.4) is 0 Å². The Morgan fingerprint density at radius 1 is 1.35 bits per heavy atom. The quantitative estimate of drug-likeness (QED) is 0.882. The third-order valence-corrected chi connectivity index (χ3v) is 4.50. The van der Waals surface area contributed by atoms with Crippen LogP contribution in [0.25, 0.3) is 11.4 Å². The van der Waals surface area contributed by atoms with Crippen LogP contribution in [0.2, 0.25) is 5.02 Å². The molecule has 0 amide bonds. The van der Waals surface area contributed by atoms with Gasteiger partial charge >= 0.3 is 0 Å². The van der Waals surface area contributed by atoms with Crippen LogP contribution < -0.4 is 5.73 Å². The number of nitrogen functional groups attached to an aromatic ring is 1. The van der Waals surface area contributed by atoms with Crippen LogP contribution in [-0.4, -0.2) is 20.2 Å². The van der Waals surface area contributed by atoms with E-state index in [0.717, 1.165) is 12.1 Å². The highest BCUT2D eigenvalue weighted by atomic mass is 35.5. The molecule has 1 aromatic carbocycles. The Bertz CT molecular complexity index is 616. The van der Waals surface area contributed by atoms with Crippen molar-refractivity contribution in [2.24, 2.45) is 5.41 Å². The molecule has 20 heavy (non-hydrogen) atoms. The summed E-state index contributed by atoms with van der Waals surface area (Å²) in [5.74, 6) is 0.693. The molecule has 0 atom stereocenters. The van der Waals surface area contributed by atoms with Crippen LogP contribution in [0.15, 0.2) is 18.2 Å². The van der Waals surface area contributed by atoms with Crippen LogP contribution in [0.5, 0.6) is 0 Å². The molecule has 0 unspecified atom stereocenters. The van der Waals surface area contributed by atoms with E-state index in [0.29, 0.717) is 16.5 Å². The van der Waals surface area contributed by atoms with E-state index in [1.165, 1.54) is 25.7 Å². The second-order valence-corrected chi connectivity index (χ2v) is 6.29. The molecule has 5 nitrogen and oxygen atoms in total. The van der Waals surface area contributed by atoms with Crippen molar-refractivity contribution in [1.82, 2.24) is 20.2 Å². The molecule has 3 rings (SSSR count). The van der Waals surface area contributed by atoms with E-state index in [1.807, 2.05) is 16.8 Å². The summed E-state index contributed by atoms with van der Waals surface area (Å²) in [6.45, 7) is 3.12. The van der Waals surface area contributed by atoms with Crippen molar-refractivity contribution in [1.29, 1.82) is 0 Å². The van der Waals surface area contributed by atoms with Gasteiger partial charge in [-0.3, -0.25) is 0 Å². The number of benzene rings is 1. The number of anilines is 1. The first-order valence-corrected chi connectivity index (χ1v) is 7.27. The molecule has 2 aromatic rings. The van der Waals surface area contributed by atoms with Crippen LogP contribution in [0.4, 0.5) is 5.69 Å². The first kappa shape index (κ1) is 13.4. The molecular formula is C14H18ClN5. The van der Waals surface area contributed by atoms with Crippen LogP contribution in [0, 0.1) is 5.41 Å². The summed E-state index contributed by atoms with van der Waals surface area (Å²) in [6, 6.07) is 5.54. The maximum atomic E-state index is 6.08. The third kappa shape index (κ3) is 2.38. The van der Waals surface area contributed by atoms with Gasteiger partial charge in [-0.15, -0.1) is 5.10 Å². The Kier molecular flexibility index (Phi) is 3.38. The highest BCUT2D eigenvalue weighted by Crippen LogP contribution is 2.39. The predicted molar refractivity (Wildman–Crippen MR) is 79.3 cm³/mol. The van der Waals surface area contributed by atoms with Crippen molar-refractivity contribution in [2.75, 3.05) is 5.73 Å². The molecule has 0 bridgehead atoms. The van der Waals surface area contributed by atoms with Crippen LogP contribution in [-0.2, 0) is 6.54 Å². The molecule has 6 heteroatoms. The number of halogens is 1. The molecule has 2 N–H and O–H groups in total. The average Bonchev–Trinajstić information content (AvgIpc) is 3.03. The zero-order chi connectivity index (χ0) is 14.2. The average molecular weight is 292 g/mol. The fourth-order valence-corrected chi connectivity index (χ4v) is 3.16. The van der Waals surface area contributed by atoms with Gasteiger partial charge in [0.25, 0.3) is 0 Å². The van der Waals surface area contributed by atoms with E-state index in [4.69, 9.17) is 17.3 Å². The van der Waals surface area contributed by atoms with Gasteiger partial charge in [0.2, 0.25) is 0 Å². The summed E-state index contributed by atoms with van der Waals surface area (Å²) in [7, 11) is 0. The summed E-state index contributed by atoms with van der Waals surface area (Å²) in [4.78, 5) is 0. The Balaban J connectivity index is 1.96. The van der Waals surface area contributed by atoms with E-state index in [-0.39, 0.29) is 5.41 Å². The first-order valence-electron chi connectivity index (χ1n) is 6.90. The SMILES string of the molecule is CC1(Cn2nnnc2-c2cccc(Cl)c2N)CCCC1. The molecule has 0 aliphatic heterocycles. The van der Waals surface area contributed by atoms with Crippen molar-refractivity contribution in [3.05, 3.63) is 23.2 Å². The fourth-order valence-electron chi connectivity index (χ4n) is 2.98. The van der Waals surface area contributed by atoms with Gasteiger partial charge in [-0.05, 0) is 40.8 Å². The lowest BCUT2D eigenvalue weighted by Crippen LogP contribution is -2.21. The summed E-state index contributed by atoms with van der Waals surface area (Å²) in [6.07, 6.45) is 5.01. The minimum atomic E-state index is 0.275. The second kappa shape index (κ2) is 5.05. The van der Waals surface area contributed by atoms with Gasteiger partial charge in [-0.1, -0.05) is 37.4 Å². The Morgan fingerprint density at radius 3 is 2.85 bits per heavy atom. The van der Waals surface area contributed by atoms with Gasteiger partial charge in [0.15, 0.2) is 5.82 Å². The monoisotopic (exact) mass is 291 g/mol. The maximum Gasteiger partial charge on any atom is 0.184 e. The van der Waals surface area contributed by atoms with Crippen LogP contribution >= 0.6 is 11.6 Å². The third-order valence-electron chi connectivity index (χ3n) is 4.17. The van der Waals surface area contributed by atoms with Crippen molar-refractivity contribution in [3.63, 3.8) is 0 Å². The molecule has 1 aromatic heterocycles.